The predicted molar refractivity (Wildman–Crippen MR) is 104 cm³/mol. The fourth-order valence-electron chi connectivity index (χ4n) is 3.83. The molecule has 0 bridgehead atoms. The Morgan fingerprint density at radius 3 is 2.75 bits per heavy atom. The highest BCUT2D eigenvalue weighted by Gasteiger charge is 2.34. The fourth-order valence-corrected chi connectivity index (χ4v) is 3.83. The highest BCUT2D eigenvalue weighted by Crippen LogP contribution is 2.39. The number of aromatic nitrogens is 3. The lowest BCUT2D eigenvalue weighted by atomic mass is 10.0. The summed E-state index contributed by atoms with van der Waals surface area (Å²) in [5.74, 6) is 0.927. The molecule has 1 aromatic carbocycles. The molecular weight excluding hydrogens is 356 g/mol. The van der Waals surface area contributed by atoms with E-state index in [-0.39, 0.29) is 11.9 Å². The molecule has 1 N–H and O–H groups in total. The molecule has 3 heterocycles. The summed E-state index contributed by atoms with van der Waals surface area (Å²) in [6.07, 6.45) is 7.11. The Balaban J connectivity index is 1.69. The Bertz CT molecular complexity index is 971. The molecule has 28 heavy (non-hydrogen) atoms. The molecule has 1 atom stereocenters. The van der Waals surface area contributed by atoms with Crippen molar-refractivity contribution in [2.24, 2.45) is 0 Å². The van der Waals surface area contributed by atoms with E-state index in [2.05, 4.69) is 15.2 Å². The van der Waals surface area contributed by atoms with Gasteiger partial charge in [0.1, 0.15) is 0 Å². The van der Waals surface area contributed by atoms with Crippen molar-refractivity contribution >= 4 is 5.91 Å². The maximum absolute atomic E-state index is 13.4. The zero-order valence-corrected chi connectivity index (χ0v) is 15.9. The van der Waals surface area contributed by atoms with Crippen LogP contribution in [0.1, 0.15) is 34.9 Å². The normalized spacial score (nSPS) is 16.2. The number of nitrogens with zero attached hydrogens (tertiary/aromatic N) is 3. The second-order valence-electron chi connectivity index (χ2n) is 6.63. The number of H-pyrrole nitrogens is 1. The SMILES string of the molecule is COc1cccc(C(=O)N2CCCC2c2[nH]ncc2-c2ccncc2)c1OC. The van der Waals surface area contributed by atoms with Gasteiger partial charge in [-0.1, -0.05) is 6.07 Å². The van der Waals surface area contributed by atoms with Crippen LogP contribution in [0.3, 0.4) is 0 Å². The molecule has 2 aromatic heterocycles. The quantitative estimate of drug-likeness (QED) is 0.735. The number of carbonyl (C=O) groups excluding carboxylic acids is 1. The summed E-state index contributed by atoms with van der Waals surface area (Å²) >= 11 is 0. The summed E-state index contributed by atoms with van der Waals surface area (Å²) in [5, 5.41) is 7.36. The summed E-state index contributed by atoms with van der Waals surface area (Å²) < 4.78 is 10.8. The number of hydrogen-bond donors (Lipinski definition) is 1. The molecule has 0 spiro atoms. The number of rotatable bonds is 5. The number of hydrogen-bond acceptors (Lipinski definition) is 5. The molecule has 144 valence electrons. The molecule has 0 saturated carbocycles. The molecule has 1 unspecified atom stereocenters. The first kappa shape index (κ1) is 18.0. The van der Waals surface area contributed by atoms with Gasteiger partial charge >= 0.3 is 0 Å². The fraction of sp³-hybridized carbons (Fsp3) is 0.286. The predicted octanol–water partition coefficient (Wildman–Crippen LogP) is 3.47. The van der Waals surface area contributed by atoms with Gasteiger partial charge in [-0.3, -0.25) is 14.9 Å². The van der Waals surface area contributed by atoms with Gasteiger partial charge in [-0.25, -0.2) is 0 Å². The number of likely N-dealkylation sites (tertiary alicyclic amines) is 1. The average molecular weight is 378 g/mol. The molecule has 1 fully saturated rings. The van der Waals surface area contributed by atoms with Gasteiger partial charge in [0.15, 0.2) is 11.5 Å². The van der Waals surface area contributed by atoms with E-state index < -0.39 is 0 Å². The number of para-hydroxylation sites is 1. The number of pyridine rings is 1. The molecule has 4 rings (SSSR count). The van der Waals surface area contributed by atoms with Crippen LogP contribution in [0, 0.1) is 0 Å². The molecule has 1 aliphatic rings. The smallest absolute Gasteiger partial charge is 0.258 e. The molecule has 7 nitrogen and oxygen atoms in total. The lowest BCUT2D eigenvalue weighted by Crippen LogP contribution is -2.31. The standard InChI is InChI=1S/C21H22N4O3/c1-27-18-7-3-5-15(20(18)28-2)21(26)25-12-4-6-17(25)19-16(13-23-24-19)14-8-10-22-11-9-14/h3,5,7-11,13,17H,4,6,12H2,1-2H3,(H,23,24). The molecule has 0 aliphatic carbocycles. The van der Waals surface area contributed by atoms with Crippen molar-refractivity contribution in [3.8, 4) is 22.6 Å². The summed E-state index contributed by atoms with van der Waals surface area (Å²) in [6, 6.07) is 9.18. The third-order valence-corrected chi connectivity index (χ3v) is 5.14. The van der Waals surface area contributed by atoms with Crippen LogP contribution in [0.5, 0.6) is 11.5 Å². The van der Waals surface area contributed by atoms with E-state index in [9.17, 15) is 4.79 Å². The monoisotopic (exact) mass is 378 g/mol. The average Bonchev–Trinajstić information content (AvgIpc) is 3.42. The van der Waals surface area contributed by atoms with Crippen molar-refractivity contribution in [3.05, 3.63) is 60.2 Å². The van der Waals surface area contributed by atoms with Crippen molar-refractivity contribution < 1.29 is 14.3 Å². The number of aromatic amines is 1. The first-order valence-electron chi connectivity index (χ1n) is 9.20. The molecule has 1 aliphatic heterocycles. The van der Waals surface area contributed by atoms with Gasteiger partial charge in [0.05, 0.1) is 37.7 Å². The second-order valence-corrected chi connectivity index (χ2v) is 6.63. The van der Waals surface area contributed by atoms with Crippen molar-refractivity contribution in [3.63, 3.8) is 0 Å². The molecule has 0 radical (unpaired) electrons. The van der Waals surface area contributed by atoms with E-state index in [1.165, 1.54) is 0 Å². The minimum atomic E-state index is -0.0754. The first-order chi connectivity index (χ1) is 13.7. The van der Waals surface area contributed by atoms with Crippen LogP contribution in [0.25, 0.3) is 11.1 Å². The van der Waals surface area contributed by atoms with Gasteiger partial charge in [0.2, 0.25) is 0 Å². The molecule has 7 heteroatoms. The lowest BCUT2D eigenvalue weighted by molar-refractivity contribution is 0.0729. The number of methoxy groups -OCH3 is 2. The summed E-state index contributed by atoms with van der Waals surface area (Å²) in [7, 11) is 3.11. The van der Waals surface area contributed by atoms with Gasteiger partial charge in [-0.15, -0.1) is 0 Å². The minimum Gasteiger partial charge on any atom is -0.493 e. The van der Waals surface area contributed by atoms with E-state index in [4.69, 9.17) is 9.47 Å². The third kappa shape index (κ3) is 3.09. The number of benzene rings is 1. The van der Waals surface area contributed by atoms with Gasteiger partial charge < -0.3 is 14.4 Å². The first-order valence-corrected chi connectivity index (χ1v) is 9.20. The highest BCUT2D eigenvalue weighted by molar-refractivity contribution is 5.98. The van der Waals surface area contributed by atoms with Crippen molar-refractivity contribution in [2.75, 3.05) is 20.8 Å². The van der Waals surface area contributed by atoms with Crippen molar-refractivity contribution in [1.29, 1.82) is 0 Å². The van der Waals surface area contributed by atoms with Crippen molar-refractivity contribution in [1.82, 2.24) is 20.1 Å². The maximum atomic E-state index is 13.4. The topological polar surface area (TPSA) is 80.3 Å². The zero-order valence-electron chi connectivity index (χ0n) is 15.9. The van der Waals surface area contributed by atoms with Crippen LogP contribution >= 0.6 is 0 Å². The van der Waals surface area contributed by atoms with Crippen LogP contribution in [-0.4, -0.2) is 46.8 Å². The van der Waals surface area contributed by atoms with Gasteiger partial charge in [-0.05, 0) is 42.7 Å². The molecule has 1 amide bonds. The van der Waals surface area contributed by atoms with E-state index in [1.54, 1.807) is 51.0 Å². The zero-order chi connectivity index (χ0) is 19.5. The Hall–Kier alpha value is -3.35. The van der Waals surface area contributed by atoms with Crippen molar-refractivity contribution in [2.45, 2.75) is 18.9 Å². The summed E-state index contributed by atoms with van der Waals surface area (Å²) in [4.78, 5) is 19.4. The third-order valence-electron chi connectivity index (χ3n) is 5.14. The largest absolute Gasteiger partial charge is 0.493 e. The Labute approximate surface area is 163 Å². The Morgan fingerprint density at radius 2 is 2.00 bits per heavy atom. The number of ether oxygens (including phenoxy) is 2. The van der Waals surface area contributed by atoms with Gasteiger partial charge in [0, 0.05) is 24.5 Å². The summed E-state index contributed by atoms with van der Waals surface area (Å²) in [6.45, 7) is 0.679. The Morgan fingerprint density at radius 1 is 1.18 bits per heavy atom. The Kier molecular flexibility index (Phi) is 4.97. The molecule has 1 saturated heterocycles. The number of amides is 1. The molecule has 3 aromatic rings. The van der Waals surface area contributed by atoms with E-state index in [1.807, 2.05) is 17.0 Å². The second kappa shape index (κ2) is 7.72. The van der Waals surface area contributed by atoms with Crippen LogP contribution in [0.4, 0.5) is 0 Å². The van der Waals surface area contributed by atoms with E-state index in [0.717, 1.165) is 29.7 Å². The van der Waals surface area contributed by atoms with E-state index in [0.29, 0.717) is 23.6 Å². The highest BCUT2D eigenvalue weighted by atomic mass is 16.5. The molecular formula is C21H22N4O3. The lowest BCUT2D eigenvalue weighted by Gasteiger charge is -2.26. The number of carbonyl (C=O) groups is 1. The van der Waals surface area contributed by atoms with Gasteiger partial charge in [0.25, 0.3) is 5.91 Å². The van der Waals surface area contributed by atoms with E-state index >= 15 is 0 Å². The number of nitrogens with one attached hydrogen (secondary N) is 1. The van der Waals surface area contributed by atoms with Crippen LogP contribution < -0.4 is 9.47 Å². The van der Waals surface area contributed by atoms with Crippen LogP contribution in [0.15, 0.2) is 48.9 Å². The summed E-state index contributed by atoms with van der Waals surface area (Å²) in [5.41, 5.74) is 3.46. The maximum Gasteiger partial charge on any atom is 0.258 e. The van der Waals surface area contributed by atoms with Gasteiger partial charge in [-0.2, -0.15) is 5.10 Å². The van der Waals surface area contributed by atoms with Crippen LogP contribution in [0.2, 0.25) is 0 Å². The van der Waals surface area contributed by atoms with Crippen LogP contribution in [-0.2, 0) is 0 Å². The minimum absolute atomic E-state index is 0.0749.